The lowest BCUT2D eigenvalue weighted by Crippen LogP contribution is -2.17. The SMILES string of the molecule is CCOC(=O)c1c(C)nc2nc(=O)[nH]c(Nc3ccc(C)cc3)c2c1-c1ccccc1. The van der Waals surface area contributed by atoms with Crippen molar-refractivity contribution in [3.05, 3.63) is 81.9 Å². The van der Waals surface area contributed by atoms with Crippen LogP contribution in [0.5, 0.6) is 0 Å². The standard InChI is InChI=1S/C24H22N4O3/c1-4-31-23(29)18-15(3)25-21-20(19(18)16-8-6-5-7-9-16)22(28-24(30)27-21)26-17-12-10-14(2)11-13-17/h5-13H,4H2,1-3H3,(H2,25,26,27,28,30). The van der Waals surface area contributed by atoms with Crippen LogP contribution in [0, 0.1) is 13.8 Å². The van der Waals surface area contributed by atoms with Gasteiger partial charge in [-0.05, 0) is 38.5 Å². The second-order valence-electron chi connectivity index (χ2n) is 7.14. The molecule has 0 amide bonds. The summed E-state index contributed by atoms with van der Waals surface area (Å²) < 4.78 is 5.32. The summed E-state index contributed by atoms with van der Waals surface area (Å²) >= 11 is 0. The predicted octanol–water partition coefficient (Wildman–Crippen LogP) is 4.52. The minimum Gasteiger partial charge on any atom is -0.462 e. The highest BCUT2D eigenvalue weighted by molar-refractivity contribution is 6.10. The minimum absolute atomic E-state index is 0.239. The number of fused-ring (bicyclic) bond motifs is 1. The third kappa shape index (κ3) is 4.02. The molecule has 0 fully saturated rings. The van der Waals surface area contributed by atoms with Crippen molar-refractivity contribution in [3.8, 4) is 11.1 Å². The number of aryl methyl sites for hydroxylation is 2. The van der Waals surface area contributed by atoms with Crippen LogP contribution in [0.15, 0.2) is 59.4 Å². The van der Waals surface area contributed by atoms with Crippen LogP contribution in [-0.2, 0) is 4.74 Å². The molecule has 0 bridgehead atoms. The van der Waals surface area contributed by atoms with Gasteiger partial charge in [0.1, 0.15) is 5.82 Å². The molecular weight excluding hydrogens is 392 g/mol. The van der Waals surface area contributed by atoms with E-state index >= 15 is 0 Å². The van der Waals surface area contributed by atoms with Crippen LogP contribution in [0.4, 0.5) is 11.5 Å². The van der Waals surface area contributed by atoms with Gasteiger partial charge in [-0.3, -0.25) is 4.98 Å². The number of benzene rings is 2. The van der Waals surface area contributed by atoms with Gasteiger partial charge in [0, 0.05) is 11.3 Å². The lowest BCUT2D eigenvalue weighted by molar-refractivity contribution is 0.0526. The van der Waals surface area contributed by atoms with Gasteiger partial charge in [0.25, 0.3) is 0 Å². The van der Waals surface area contributed by atoms with E-state index in [4.69, 9.17) is 4.74 Å². The zero-order valence-electron chi connectivity index (χ0n) is 17.5. The third-order valence-corrected chi connectivity index (χ3v) is 4.91. The predicted molar refractivity (Wildman–Crippen MR) is 121 cm³/mol. The molecule has 0 atom stereocenters. The molecule has 0 saturated carbocycles. The van der Waals surface area contributed by atoms with Crippen molar-refractivity contribution >= 4 is 28.5 Å². The Morgan fingerprint density at radius 1 is 1.03 bits per heavy atom. The third-order valence-electron chi connectivity index (χ3n) is 4.91. The Labute approximate surface area is 179 Å². The Balaban J connectivity index is 2.06. The molecule has 0 aliphatic carbocycles. The van der Waals surface area contributed by atoms with E-state index in [0.29, 0.717) is 28.0 Å². The number of aromatic nitrogens is 3. The van der Waals surface area contributed by atoms with Gasteiger partial charge < -0.3 is 10.1 Å². The van der Waals surface area contributed by atoms with Gasteiger partial charge in [0.2, 0.25) is 0 Å². The quantitative estimate of drug-likeness (QED) is 0.466. The number of hydrogen-bond donors (Lipinski definition) is 2. The number of carbonyl (C=O) groups is 1. The smallest absolute Gasteiger partial charge is 0.348 e. The summed E-state index contributed by atoms with van der Waals surface area (Å²) in [5, 5.41) is 3.80. The van der Waals surface area contributed by atoms with Gasteiger partial charge in [-0.15, -0.1) is 0 Å². The Kier molecular flexibility index (Phi) is 5.49. The highest BCUT2D eigenvalue weighted by Gasteiger charge is 2.24. The second kappa shape index (κ2) is 8.39. The number of rotatable bonds is 5. The summed E-state index contributed by atoms with van der Waals surface area (Å²) in [4.78, 5) is 36.5. The molecule has 7 heteroatoms. The molecule has 0 aliphatic rings. The van der Waals surface area contributed by atoms with Gasteiger partial charge in [0.05, 0.1) is 23.3 Å². The Morgan fingerprint density at radius 2 is 1.74 bits per heavy atom. The molecule has 0 saturated heterocycles. The summed E-state index contributed by atoms with van der Waals surface area (Å²) in [6, 6.07) is 17.2. The van der Waals surface area contributed by atoms with E-state index in [1.807, 2.05) is 61.5 Å². The highest BCUT2D eigenvalue weighted by atomic mass is 16.5. The molecule has 0 aliphatic heterocycles. The number of anilines is 2. The number of ether oxygens (including phenoxy) is 1. The van der Waals surface area contributed by atoms with Gasteiger partial charge in [-0.25, -0.2) is 14.6 Å². The van der Waals surface area contributed by atoms with Crippen molar-refractivity contribution < 1.29 is 9.53 Å². The number of aromatic amines is 1. The molecule has 156 valence electrons. The molecule has 0 radical (unpaired) electrons. The maximum Gasteiger partial charge on any atom is 0.348 e. The highest BCUT2D eigenvalue weighted by Crippen LogP contribution is 2.36. The van der Waals surface area contributed by atoms with E-state index in [9.17, 15) is 9.59 Å². The first kappa shape index (κ1) is 20.3. The lowest BCUT2D eigenvalue weighted by atomic mass is 9.95. The van der Waals surface area contributed by atoms with Crippen LogP contribution in [0.1, 0.15) is 28.5 Å². The van der Waals surface area contributed by atoms with Crippen LogP contribution in [0.25, 0.3) is 22.2 Å². The number of nitrogens with one attached hydrogen (secondary N) is 2. The summed E-state index contributed by atoms with van der Waals surface area (Å²) in [7, 11) is 0. The summed E-state index contributed by atoms with van der Waals surface area (Å²) in [5.41, 5.74) is 3.82. The molecule has 0 spiro atoms. The Morgan fingerprint density at radius 3 is 2.42 bits per heavy atom. The van der Waals surface area contributed by atoms with Gasteiger partial charge >= 0.3 is 11.7 Å². The first-order chi connectivity index (χ1) is 15.0. The zero-order valence-corrected chi connectivity index (χ0v) is 17.5. The fraction of sp³-hybridized carbons (Fsp3) is 0.167. The number of esters is 1. The van der Waals surface area contributed by atoms with Crippen molar-refractivity contribution in [1.82, 2.24) is 15.0 Å². The number of hydrogen-bond acceptors (Lipinski definition) is 6. The van der Waals surface area contributed by atoms with Crippen molar-refractivity contribution in [3.63, 3.8) is 0 Å². The first-order valence-electron chi connectivity index (χ1n) is 9.98. The normalized spacial score (nSPS) is 10.8. The van der Waals surface area contributed by atoms with E-state index in [0.717, 1.165) is 16.8 Å². The van der Waals surface area contributed by atoms with Crippen LogP contribution in [0.3, 0.4) is 0 Å². The molecule has 2 aromatic heterocycles. The van der Waals surface area contributed by atoms with Crippen molar-refractivity contribution in [2.75, 3.05) is 11.9 Å². The van der Waals surface area contributed by atoms with Crippen molar-refractivity contribution in [1.29, 1.82) is 0 Å². The van der Waals surface area contributed by atoms with Crippen LogP contribution in [-0.4, -0.2) is 27.5 Å². The second-order valence-corrected chi connectivity index (χ2v) is 7.14. The maximum atomic E-state index is 12.9. The number of carbonyl (C=O) groups excluding carboxylic acids is 1. The Bertz CT molecular complexity index is 1310. The molecule has 4 rings (SSSR count). The fourth-order valence-corrected chi connectivity index (χ4v) is 3.52. The zero-order chi connectivity index (χ0) is 22.0. The Hall–Kier alpha value is -4.00. The van der Waals surface area contributed by atoms with Crippen molar-refractivity contribution in [2.24, 2.45) is 0 Å². The summed E-state index contributed by atoms with van der Waals surface area (Å²) in [6.45, 7) is 5.71. The van der Waals surface area contributed by atoms with E-state index in [-0.39, 0.29) is 12.3 Å². The average molecular weight is 414 g/mol. The van der Waals surface area contributed by atoms with Gasteiger partial charge in [-0.1, -0.05) is 48.0 Å². The maximum absolute atomic E-state index is 12.9. The van der Waals surface area contributed by atoms with E-state index in [1.165, 1.54) is 0 Å². The van der Waals surface area contributed by atoms with Gasteiger partial charge in [-0.2, -0.15) is 4.98 Å². The molecule has 2 N–H and O–H groups in total. The van der Waals surface area contributed by atoms with Crippen molar-refractivity contribution in [2.45, 2.75) is 20.8 Å². The lowest BCUT2D eigenvalue weighted by Gasteiger charge is -2.17. The first-order valence-corrected chi connectivity index (χ1v) is 9.98. The average Bonchev–Trinajstić information content (AvgIpc) is 2.75. The monoisotopic (exact) mass is 414 g/mol. The molecule has 31 heavy (non-hydrogen) atoms. The topological polar surface area (TPSA) is 97.0 Å². The number of nitrogens with zero attached hydrogens (tertiary/aromatic N) is 2. The summed E-state index contributed by atoms with van der Waals surface area (Å²) in [6.07, 6.45) is 0. The molecule has 7 nitrogen and oxygen atoms in total. The van der Waals surface area contributed by atoms with E-state index in [1.54, 1.807) is 13.8 Å². The fourth-order valence-electron chi connectivity index (χ4n) is 3.52. The summed E-state index contributed by atoms with van der Waals surface area (Å²) in [5.74, 6) is -0.0588. The molecule has 2 aromatic carbocycles. The molecule has 2 heterocycles. The number of H-pyrrole nitrogens is 1. The van der Waals surface area contributed by atoms with E-state index in [2.05, 4.69) is 20.3 Å². The van der Waals surface area contributed by atoms with Crippen LogP contribution in [0.2, 0.25) is 0 Å². The molecule has 4 aromatic rings. The largest absolute Gasteiger partial charge is 0.462 e. The van der Waals surface area contributed by atoms with Gasteiger partial charge in [0.15, 0.2) is 5.65 Å². The molecule has 0 unspecified atom stereocenters. The number of pyridine rings is 1. The van der Waals surface area contributed by atoms with E-state index < -0.39 is 11.7 Å². The molecular formula is C24H22N4O3. The van der Waals surface area contributed by atoms with Crippen LogP contribution < -0.4 is 11.0 Å². The minimum atomic E-state index is -0.531. The van der Waals surface area contributed by atoms with Crippen LogP contribution >= 0.6 is 0 Å².